The molecule has 2 aromatic heterocycles. The van der Waals surface area contributed by atoms with E-state index < -0.39 is 0 Å². The van der Waals surface area contributed by atoms with Gasteiger partial charge in [-0.3, -0.25) is 15.1 Å². The van der Waals surface area contributed by atoms with Gasteiger partial charge in [0, 0.05) is 5.02 Å². The zero-order valence-corrected chi connectivity index (χ0v) is 11.9. The molecule has 2 heterocycles. The summed E-state index contributed by atoms with van der Waals surface area (Å²) >= 11 is 5.93. The van der Waals surface area contributed by atoms with Crippen LogP contribution in [0, 0.1) is 0 Å². The Labute approximate surface area is 128 Å². The lowest BCUT2D eigenvalue weighted by Gasteiger charge is -2.02. The van der Waals surface area contributed by atoms with E-state index in [1.54, 1.807) is 18.2 Å². The van der Waals surface area contributed by atoms with Crippen molar-refractivity contribution in [2.75, 3.05) is 5.32 Å². The number of nitrogens with one attached hydrogen (secondary N) is 2. The summed E-state index contributed by atoms with van der Waals surface area (Å²) in [5.41, 5.74) is 1.60. The first kappa shape index (κ1) is 12.8. The van der Waals surface area contributed by atoms with Crippen molar-refractivity contribution in [3.63, 3.8) is 0 Å². The number of aromatic nitrogens is 3. The Bertz CT molecular complexity index is 1020. The van der Waals surface area contributed by atoms with E-state index in [0.717, 1.165) is 5.52 Å². The molecule has 0 bridgehead atoms. The third kappa shape index (κ3) is 2.19. The van der Waals surface area contributed by atoms with Crippen molar-refractivity contribution >= 4 is 45.6 Å². The molecule has 108 valence electrons. The van der Waals surface area contributed by atoms with E-state index in [9.17, 15) is 4.79 Å². The monoisotopic (exact) mass is 312 g/mol. The fourth-order valence-electron chi connectivity index (χ4n) is 2.20. The standard InChI is InChI=1S/C15H9ClN4O2/c16-8-5-6-9-11(7-8)17-14(19-13(9)21)20-15-18-10-3-1-2-4-12(10)22-15/h1-7H,(H2,17,18,19,20,21). The van der Waals surface area contributed by atoms with Crippen LogP contribution in [0.15, 0.2) is 51.7 Å². The van der Waals surface area contributed by atoms with Gasteiger partial charge in [0.25, 0.3) is 5.56 Å². The summed E-state index contributed by atoms with van der Waals surface area (Å²) in [7, 11) is 0. The predicted molar refractivity (Wildman–Crippen MR) is 84.7 cm³/mol. The highest BCUT2D eigenvalue weighted by molar-refractivity contribution is 6.31. The average molecular weight is 313 g/mol. The highest BCUT2D eigenvalue weighted by atomic mass is 35.5. The van der Waals surface area contributed by atoms with Crippen molar-refractivity contribution in [3.8, 4) is 0 Å². The summed E-state index contributed by atoms with van der Waals surface area (Å²) in [6.45, 7) is 0. The number of benzene rings is 2. The first-order chi connectivity index (χ1) is 10.7. The molecule has 2 N–H and O–H groups in total. The Morgan fingerprint density at radius 3 is 2.82 bits per heavy atom. The minimum absolute atomic E-state index is 0.242. The van der Waals surface area contributed by atoms with E-state index in [1.807, 2.05) is 24.3 Å². The van der Waals surface area contributed by atoms with Crippen molar-refractivity contribution in [2.24, 2.45) is 0 Å². The highest BCUT2D eigenvalue weighted by Gasteiger charge is 2.08. The zero-order valence-electron chi connectivity index (χ0n) is 11.1. The Kier molecular flexibility index (Phi) is 2.83. The maximum absolute atomic E-state index is 12.0. The molecule has 0 unspecified atom stereocenters. The van der Waals surface area contributed by atoms with Crippen molar-refractivity contribution in [1.82, 2.24) is 15.0 Å². The lowest BCUT2D eigenvalue weighted by atomic mass is 10.2. The first-order valence-corrected chi connectivity index (χ1v) is 6.89. The molecular weight excluding hydrogens is 304 g/mol. The molecule has 0 aliphatic carbocycles. The Balaban J connectivity index is 1.79. The molecule has 0 spiro atoms. The third-order valence-corrected chi connectivity index (χ3v) is 3.42. The van der Waals surface area contributed by atoms with Crippen LogP contribution in [0.5, 0.6) is 0 Å². The minimum atomic E-state index is -0.264. The van der Waals surface area contributed by atoms with Crippen molar-refractivity contribution in [2.45, 2.75) is 0 Å². The topological polar surface area (TPSA) is 83.8 Å². The second kappa shape index (κ2) is 4.85. The molecule has 0 amide bonds. The lowest BCUT2D eigenvalue weighted by Crippen LogP contribution is -2.11. The molecule has 22 heavy (non-hydrogen) atoms. The van der Waals surface area contributed by atoms with Crippen LogP contribution in [0.1, 0.15) is 0 Å². The van der Waals surface area contributed by atoms with E-state index in [2.05, 4.69) is 20.3 Å². The lowest BCUT2D eigenvalue weighted by molar-refractivity contribution is 0.621. The molecule has 0 aliphatic heterocycles. The largest absolute Gasteiger partial charge is 0.423 e. The van der Waals surface area contributed by atoms with Crippen molar-refractivity contribution < 1.29 is 4.42 Å². The second-order valence-electron chi connectivity index (χ2n) is 4.69. The van der Waals surface area contributed by atoms with Gasteiger partial charge >= 0.3 is 6.01 Å². The smallest absolute Gasteiger partial charge is 0.302 e. The quantitative estimate of drug-likeness (QED) is 0.592. The number of rotatable bonds is 2. The highest BCUT2D eigenvalue weighted by Crippen LogP contribution is 2.21. The van der Waals surface area contributed by atoms with Crippen LogP contribution in [0.25, 0.3) is 22.0 Å². The average Bonchev–Trinajstić information content (AvgIpc) is 2.88. The van der Waals surface area contributed by atoms with Gasteiger partial charge in [0.1, 0.15) is 5.52 Å². The number of hydrogen-bond acceptors (Lipinski definition) is 5. The molecular formula is C15H9ClN4O2. The maximum Gasteiger partial charge on any atom is 0.302 e. The normalized spacial score (nSPS) is 11.1. The van der Waals surface area contributed by atoms with E-state index in [0.29, 0.717) is 21.5 Å². The van der Waals surface area contributed by atoms with E-state index in [4.69, 9.17) is 16.0 Å². The number of anilines is 2. The number of fused-ring (bicyclic) bond motifs is 2. The van der Waals surface area contributed by atoms with Crippen molar-refractivity contribution in [1.29, 1.82) is 0 Å². The van der Waals surface area contributed by atoms with Gasteiger partial charge in [-0.1, -0.05) is 23.7 Å². The van der Waals surface area contributed by atoms with Gasteiger partial charge in [0.05, 0.1) is 10.9 Å². The van der Waals surface area contributed by atoms with Gasteiger partial charge < -0.3 is 4.42 Å². The Morgan fingerprint density at radius 2 is 1.95 bits per heavy atom. The molecule has 0 saturated carbocycles. The van der Waals surface area contributed by atoms with Gasteiger partial charge in [-0.15, -0.1) is 0 Å². The van der Waals surface area contributed by atoms with Crippen LogP contribution in [0.3, 0.4) is 0 Å². The van der Waals surface area contributed by atoms with Crippen LogP contribution >= 0.6 is 11.6 Å². The molecule has 4 rings (SSSR count). The van der Waals surface area contributed by atoms with E-state index >= 15 is 0 Å². The fourth-order valence-corrected chi connectivity index (χ4v) is 2.37. The zero-order chi connectivity index (χ0) is 15.1. The summed E-state index contributed by atoms with van der Waals surface area (Å²) in [6, 6.07) is 12.5. The van der Waals surface area contributed by atoms with Gasteiger partial charge in [0.15, 0.2) is 5.58 Å². The van der Waals surface area contributed by atoms with E-state index in [1.165, 1.54) is 0 Å². The number of halogens is 1. The van der Waals surface area contributed by atoms with Gasteiger partial charge in [-0.2, -0.15) is 4.98 Å². The van der Waals surface area contributed by atoms with Gasteiger partial charge in [-0.25, -0.2) is 4.98 Å². The van der Waals surface area contributed by atoms with Crippen LogP contribution in [-0.2, 0) is 0 Å². The molecule has 7 heteroatoms. The summed E-state index contributed by atoms with van der Waals surface area (Å²) in [4.78, 5) is 23.3. The summed E-state index contributed by atoms with van der Waals surface area (Å²) in [5.74, 6) is 0.242. The van der Waals surface area contributed by atoms with Crippen LogP contribution in [-0.4, -0.2) is 15.0 Å². The maximum atomic E-state index is 12.0. The van der Waals surface area contributed by atoms with Crippen LogP contribution in [0.4, 0.5) is 12.0 Å². The summed E-state index contributed by atoms with van der Waals surface area (Å²) in [6.07, 6.45) is 0. The third-order valence-electron chi connectivity index (χ3n) is 3.19. The fraction of sp³-hybridized carbons (Fsp3) is 0. The molecule has 2 aromatic carbocycles. The predicted octanol–water partition coefficient (Wildman–Crippen LogP) is 3.46. The summed E-state index contributed by atoms with van der Waals surface area (Å²) < 4.78 is 5.54. The summed E-state index contributed by atoms with van der Waals surface area (Å²) in [5, 5.41) is 3.84. The van der Waals surface area contributed by atoms with Crippen LogP contribution < -0.4 is 10.9 Å². The minimum Gasteiger partial charge on any atom is -0.423 e. The molecule has 0 saturated heterocycles. The Hall–Kier alpha value is -2.86. The number of hydrogen-bond donors (Lipinski definition) is 2. The SMILES string of the molecule is O=c1[nH]c(Nc2nc3ccccc3o2)nc2cc(Cl)ccc12. The molecule has 0 aliphatic rings. The van der Waals surface area contributed by atoms with Crippen molar-refractivity contribution in [3.05, 3.63) is 57.8 Å². The Morgan fingerprint density at radius 1 is 1.09 bits per heavy atom. The van der Waals surface area contributed by atoms with Gasteiger partial charge in [0.2, 0.25) is 5.95 Å². The first-order valence-electron chi connectivity index (χ1n) is 6.51. The number of nitrogens with zero attached hydrogens (tertiary/aromatic N) is 2. The molecule has 4 aromatic rings. The van der Waals surface area contributed by atoms with Gasteiger partial charge in [-0.05, 0) is 30.3 Å². The second-order valence-corrected chi connectivity index (χ2v) is 5.12. The number of oxazole rings is 1. The number of para-hydroxylation sites is 2. The number of H-pyrrole nitrogens is 1. The number of aromatic amines is 1. The molecule has 0 radical (unpaired) electrons. The molecule has 6 nitrogen and oxygen atoms in total. The van der Waals surface area contributed by atoms with Crippen LogP contribution in [0.2, 0.25) is 5.02 Å². The van der Waals surface area contributed by atoms with E-state index in [-0.39, 0.29) is 17.5 Å². The molecule has 0 atom stereocenters. The molecule has 0 fully saturated rings.